The predicted octanol–water partition coefficient (Wildman–Crippen LogP) is 5.55. The fourth-order valence-corrected chi connectivity index (χ4v) is 6.25. The van der Waals surface area contributed by atoms with Crippen molar-refractivity contribution in [2.75, 3.05) is 52.8 Å². The molecule has 1 aliphatic carbocycles. The lowest BCUT2D eigenvalue weighted by molar-refractivity contribution is -0.110. The Kier molecular flexibility index (Phi) is 9.89. The van der Waals surface area contributed by atoms with Crippen molar-refractivity contribution >= 4 is 17.7 Å². The van der Waals surface area contributed by atoms with Crippen molar-refractivity contribution < 1.29 is 23.8 Å². The van der Waals surface area contributed by atoms with Crippen LogP contribution < -0.4 is 5.32 Å². The van der Waals surface area contributed by atoms with E-state index >= 15 is 0 Å². The molecule has 1 unspecified atom stereocenters. The lowest BCUT2D eigenvalue weighted by Gasteiger charge is -2.22. The Morgan fingerprint density at radius 3 is 2.21 bits per heavy atom. The van der Waals surface area contributed by atoms with E-state index in [0.717, 1.165) is 55.7 Å². The number of methoxy groups -OCH3 is 2. The zero-order valence-corrected chi connectivity index (χ0v) is 24.7. The maximum Gasteiger partial charge on any atom is 0.411 e. The first-order valence-corrected chi connectivity index (χ1v) is 14.7. The second-order valence-corrected chi connectivity index (χ2v) is 11.3. The third kappa shape index (κ3) is 7.37. The van der Waals surface area contributed by atoms with Gasteiger partial charge in [-0.3, -0.25) is 10.1 Å². The van der Waals surface area contributed by atoms with Gasteiger partial charge in [0.1, 0.15) is 6.10 Å². The van der Waals surface area contributed by atoms with Crippen LogP contribution >= 0.6 is 0 Å². The molecule has 3 aromatic rings. The van der Waals surface area contributed by atoms with Crippen molar-refractivity contribution in [1.29, 1.82) is 0 Å². The summed E-state index contributed by atoms with van der Waals surface area (Å²) in [6, 6.07) is 25.7. The van der Waals surface area contributed by atoms with E-state index in [4.69, 9.17) is 14.2 Å². The lowest BCUT2D eigenvalue weighted by Crippen LogP contribution is -2.36. The molecule has 3 aromatic carbocycles. The minimum atomic E-state index is -0.445. The summed E-state index contributed by atoms with van der Waals surface area (Å²) < 4.78 is 16.3. The number of carbonyl (C=O) groups excluding carboxylic acids is 2. The number of rotatable bonds is 11. The lowest BCUT2D eigenvalue weighted by atomic mass is 10.0. The second kappa shape index (κ2) is 14.0. The van der Waals surface area contributed by atoms with E-state index in [9.17, 15) is 9.59 Å². The summed E-state index contributed by atoms with van der Waals surface area (Å²) >= 11 is 0. The summed E-state index contributed by atoms with van der Waals surface area (Å²) in [6.07, 6.45) is 1.88. The number of hydrogen-bond acceptors (Lipinski definition) is 6. The van der Waals surface area contributed by atoms with Crippen molar-refractivity contribution in [3.63, 3.8) is 0 Å². The highest BCUT2D eigenvalue weighted by molar-refractivity contribution is 5.94. The Balaban J connectivity index is 1.05. The van der Waals surface area contributed by atoms with Gasteiger partial charge in [-0.2, -0.15) is 0 Å². The number of fused-ring (bicyclic) bond motifs is 1. The van der Waals surface area contributed by atoms with Crippen LogP contribution in [0.4, 0.5) is 10.5 Å². The zero-order chi connectivity index (χ0) is 29.5. The van der Waals surface area contributed by atoms with Crippen LogP contribution in [-0.4, -0.2) is 81.6 Å². The molecule has 0 aromatic heterocycles. The summed E-state index contributed by atoms with van der Waals surface area (Å²) in [6.45, 7) is 3.41. The normalized spacial score (nSPS) is 20.0. The number of amides is 2. The van der Waals surface area contributed by atoms with Gasteiger partial charge >= 0.3 is 6.09 Å². The Labute approximate surface area is 248 Å². The first kappa shape index (κ1) is 29.8. The summed E-state index contributed by atoms with van der Waals surface area (Å²) in [5.41, 5.74) is 4.66. The van der Waals surface area contributed by atoms with E-state index < -0.39 is 6.29 Å². The second-order valence-electron chi connectivity index (χ2n) is 11.3. The smallest absolute Gasteiger partial charge is 0.411 e. The van der Waals surface area contributed by atoms with Gasteiger partial charge in [0.05, 0.1) is 12.2 Å². The Hall–Kier alpha value is -3.72. The van der Waals surface area contributed by atoms with E-state index in [-0.39, 0.29) is 18.1 Å². The molecule has 0 radical (unpaired) electrons. The molecule has 0 bridgehead atoms. The van der Waals surface area contributed by atoms with Crippen LogP contribution in [0, 0.1) is 11.8 Å². The molecular formula is C34H41N3O5. The van der Waals surface area contributed by atoms with Gasteiger partial charge in [-0.1, -0.05) is 60.7 Å². The maximum atomic E-state index is 12.8. The molecule has 1 N–H and O–H groups in total. The average molecular weight is 572 g/mol. The molecule has 0 spiro atoms. The Morgan fingerprint density at radius 2 is 1.55 bits per heavy atom. The highest BCUT2D eigenvalue weighted by atomic mass is 16.7. The monoisotopic (exact) mass is 571 g/mol. The third-order valence-corrected chi connectivity index (χ3v) is 8.52. The molecule has 8 heteroatoms. The van der Waals surface area contributed by atoms with Gasteiger partial charge in [-0.05, 0) is 60.4 Å². The maximum absolute atomic E-state index is 12.8. The minimum absolute atomic E-state index is 0.0442. The molecule has 3 atom stereocenters. The Bertz CT molecular complexity index is 1310. The predicted molar refractivity (Wildman–Crippen MR) is 163 cm³/mol. The van der Waals surface area contributed by atoms with Crippen molar-refractivity contribution in [1.82, 2.24) is 9.80 Å². The summed E-state index contributed by atoms with van der Waals surface area (Å²) in [5, 5.41) is 2.97. The molecule has 2 fully saturated rings. The van der Waals surface area contributed by atoms with E-state index in [0.29, 0.717) is 23.9 Å². The van der Waals surface area contributed by atoms with Crippen LogP contribution in [0.1, 0.15) is 28.8 Å². The van der Waals surface area contributed by atoms with E-state index in [1.165, 1.54) is 5.56 Å². The van der Waals surface area contributed by atoms with Crippen molar-refractivity contribution in [3.8, 4) is 11.1 Å². The number of anilines is 1. The SMILES string of the molecule is COC(CN(C)C(=O)c1ccc(CCN2C[C@H]3CC(OC(=O)Nc4ccccc4-c4ccccc4)C[C@H]3C2)cc1)OC. The van der Waals surface area contributed by atoms with Crippen LogP contribution in [-0.2, 0) is 20.6 Å². The number of hydrogen-bond donors (Lipinski definition) is 1. The summed E-state index contributed by atoms with van der Waals surface area (Å²) in [4.78, 5) is 29.7. The highest BCUT2D eigenvalue weighted by Gasteiger charge is 2.42. The average Bonchev–Trinajstić information content (AvgIpc) is 3.57. The third-order valence-electron chi connectivity index (χ3n) is 8.52. The van der Waals surface area contributed by atoms with Gasteiger partial charge in [0, 0.05) is 52.0 Å². The molecule has 1 heterocycles. The fourth-order valence-electron chi connectivity index (χ4n) is 6.25. The number of nitrogens with zero attached hydrogens (tertiary/aromatic N) is 2. The molecule has 2 aliphatic rings. The largest absolute Gasteiger partial charge is 0.446 e. The molecule has 5 rings (SSSR count). The molecule has 2 amide bonds. The van der Waals surface area contributed by atoms with Gasteiger partial charge in [0.25, 0.3) is 5.91 Å². The number of likely N-dealkylation sites (N-methyl/N-ethyl adjacent to an activating group) is 1. The van der Waals surface area contributed by atoms with Crippen LogP contribution in [0.2, 0.25) is 0 Å². The van der Waals surface area contributed by atoms with Crippen LogP contribution in [0.15, 0.2) is 78.9 Å². The topological polar surface area (TPSA) is 80.3 Å². The molecule has 222 valence electrons. The molecular weight excluding hydrogens is 530 g/mol. The first-order chi connectivity index (χ1) is 20.4. The molecule has 8 nitrogen and oxygen atoms in total. The molecule has 1 aliphatic heterocycles. The number of benzene rings is 3. The summed E-state index contributed by atoms with van der Waals surface area (Å²) in [5.74, 6) is 1.05. The van der Waals surface area contributed by atoms with Crippen molar-refractivity contribution in [2.45, 2.75) is 31.7 Å². The molecule has 42 heavy (non-hydrogen) atoms. The Morgan fingerprint density at radius 1 is 0.905 bits per heavy atom. The van der Waals surface area contributed by atoms with E-state index in [1.807, 2.05) is 78.9 Å². The van der Waals surface area contributed by atoms with Crippen LogP contribution in [0.5, 0.6) is 0 Å². The zero-order valence-electron chi connectivity index (χ0n) is 24.7. The van der Waals surface area contributed by atoms with Gasteiger partial charge in [-0.15, -0.1) is 0 Å². The quantitative estimate of drug-likeness (QED) is 0.304. The van der Waals surface area contributed by atoms with Crippen LogP contribution in [0.3, 0.4) is 0 Å². The fraction of sp³-hybridized carbons (Fsp3) is 0.412. The highest BCUT2D eigenvalue weighted by Crippen LogP contribution is 2.39. The van der Waals surface area contributed by atoms with Gasteiger partial charge in [0.2, 0.25) is 0 Å². The minimum Gasteiger partial charge on any atom is -0.446 e. The van der Waals surface area contributed by atoms with E-state index in [1.54, 1.807) is 26.2 Å². The standard InChI is InChI=1S/C34H41N3O5/c1-36(23-32(40-2)41-3)33(38)26-15-13-24(14-16-26)17-18-37-21-27-19-29(20-28(27)22-37)42-34(39)35-31-12-8-7-11-30(31)25-9-5-4-6-10-25/h4-16,27-29,32H,17-23H2,1-3H3,(H,35,39)/t27-,28+,29?. The van der Waals surface area contributed by atoms with Gasteiger partial charge in [-0.25, -0.2) is 4.79 Å². The first-order valence-electron chi connectivity index (χ1n) is 14.7. The van der Waals surface area contributed by atoms with Gasteiger partial charge in [0.15, 0.2) is 6.29 Å². The molecule has 1 saturated heterocycles. The number of likely N-dealkylation sites (tertiary alicyclic amines) is 1. The van der Waals surface area contributed by atoms with Crippen molar-refractivity contribution in [2.24, 2.45) is 11.8 Å². The number of ether oxygens (including phenoxy) is 3. The van der Waals surface area contributed by atoms with Gasteiger partial charge < -0.3 is 24.0 Å². The number of nitrogens with one attached hydrogen (secondary N) is 1. The van der Waals surface area contributed by atoms with Crippen molar-refractivity contribution in [3.05, 3.63) is 90.0 Å². The van der Waals surface area contributed by atoms with E-state index in [2.05, 4.69) is 10.2 Å². The number of carbonyl (C=O) groups is 2. The summed E-state index contributed by atoms with van der Waals surface area (Å²) in [7, 11) is 4.88. The number of para-hydroxylation sites is 1. The molecule has 1 saturated carbocycles. The van der Waals surface area contributed by atoms with Crippen LogP contribution in [0.25, 0.3) is 11.1 Å².